The van der Waals surface area contributed by atoms with E-state index in [1.54, 1.807) is 40.7 Å². The van der Waals surface area contributed by atoms with Crippen LogP contribution in [0.25, 0.3) is 0 Å². The predicted octanol–water partition coefficient (Wildman–Crippen LogP) is 2.61. The van der Waals surface area contributed by atoms with Gasteiger partial charge in [-0.3, -0.25) is 0 Å². The second-order valence-electron chi connectivity index (χ2n) is 13.9. The van der Waals surface area contributed by atoms with Crippen molar-refractivity contribution in [3.63, 3.8) is 0 Å². The van der Waals surface area contributed by atoms with E-state index in [9.17, 15) is 19.5 Å². The van der Waals surface area contributed by atoms with Crippen LogP contribution in [0.3, 0.4) is 0 Å². The van der Waals surface area contributed by atoms with Gasteiger partial charge >= 0.3 is 17.9 Å². The van der Waals surface area contributed by atoms with E-state index in [2.05, 4.69) is 11.0 Å². The minimum atomic E-state index is -1.43. The van der Waals surface area contributed by atoms with E-state index in [0.717, 1.165) is 29.0 Å². The minimum Gasteiger partial charge on any atom is -0.481 e. The van der Waals surface area contributed by atoms with Crippen LogP contribution >= 0.6 is 0 Å². The number of ether oxygens (including phenoxy) is 6. The summed E-state index contributed by atoms with van der Waals surface area (Å²) in [4.78, 5) is 41.5. The van der Waals surface area contributed by atoms with Gasteiger partial charge < -0.3 is 38.4 Å². The van der Waals surface area contributed by atoms with E-state index >= 15 is 0 Å². The van der Waals surface area contributed by atoms with Gasteiger partial charge in [0.25, 0.3) is 0 Å². The van der Waals surface area contributed by atoms with Crippen LogP contribution in [0.15, 0.2) is 24.0 Å². The van der Waals surface area contributed by atoms with Crippen molar-refractivity contribution in [3.8, 4) is 5.75 Å². The molecule has 2 fully saturated rings. The van der Waals surface area contributed by atoms with Crippen molar-refractivity contribution in [2.75, 3.05) is 13.6 Å². The molecule has 1 aromatic carbocycles. The first-order chi connectivity index (χ1) is 20.0. The number of hydrogen-bond donors (Lipinski definition) is 1. The summed E-state index contributed by atoms with van der Waals surface area (Å²) in [6.45, 7) is 12.4. The summed E-state index contributed by atoms with van der Waals surface area (Å²) < 4.78 is 34.6. The quantitative estimate of drug-likeness (QED) is 0.396. The summed E-state index contributed by atoms with van der Waals surface area (Å²) in [6.07, 6.45) is -1.51. The highest BCUT2D eigenvalue weighted by Gasteiger charge is 2.71. The van der Waals surface area contributed by atoms with Gasteiger partial charge in [-0.25, -0.2) is 14.4 Å². The zero-order valence-corrected chi connectivity index (χ0v) is 26.0. The van der Waals surface area contributed by atoms with Gasteiger partial charge in [0.1, 0.15) is 17.1 Å². The van der Waals surface area contributed by atoms with Crippen molar-refractivity contribution in [1.29, 1.82) is 0 Å². The lowest BCUT2D eigenvalue weighted by molar-refractivity contribution is -0.183. The highest BCUT2D eigenvalue weighted by Crippen LogP contribution is 2.64. The molecule has 2 aliphatic carbocycles. The van der Waals surface area contributed by atoms with Crippen molar-refractivity contribution < 1.29 is 47.9 Å². The number of rotatable bonds is 5. The Labute approximate surface area is 251 Å². The molecule has 1 N–H and O–H groups in total. The van der Waals surface area contributed by atoms with E-state index in [4.69, 9.17) is 28.4 Å². The smallest absolute Gasteiger partial charge is 0.352 e. The van der Waals surface area contributed by atoms with Crippen LogP contribution in [0.2, 0.25) is 0 Å². The Bertz CT molecular complexity index is 1410. The molecule has 234 valence electrons. The van der Waals surface area contributed by atoms with Gasteiger partial charge in [0.15, 0.2) is 30.2 Å². The Hall–Kier alpha value is -2.99. The summed E-state index contributed by atoms with van der Waals surface area (Å²) in [5, 5.41) is 12.3. The molecule has 3 heterocycles. The van der Waals surface area contributed by atoms with Gasteiger partial charge in [-0.1, -0.05) is 12.1 Å². The van der Waals surface area contributed by atoms with Crippen molar-refractivity contribution >= 4 is 17.9 Å². The maximum Gasteiger partial charge on any atom is 0.352 e. The summed E-state index contributed by atoms with van der Waals surface area (Å²) in [5.74, 6) is -2.77. The fourth-order valence-corrected chi connectivity index (χ4v) is 7.54. The zero-order chi connectivity index (χ0) is 31.3. The molecular weight excluding hydrogens is 558 g/mol. The highest BCUT2D eigenvalue weighted by atomic mass is 16.8. The number of aliphatic hydroxyl groups is 1. The third-order valence-electron chi connectivity index (χ3n) is 9.38. The van der Waals surface area contributed by atoms with Gasteiger partial charge in [-0.2, -0.15) is 0 Å². The Balaban J connectivity index is 1.21. The molecule has 3 aliphatic heterocycles. The van der Waals surface area contributed by atoms with Crippen molar-refractivity contribution in [3.05, 3.63) is 40.7 Å². The van der Waals surface area contributed by atoms with Gasteiger partial charge in [-0.15, -0.1) is 0 Å². The molecular formula is C32H41NO10. The third kappa shape index (κ3) is 4.58. The van der Waals surface area contributed by atoms with Crippen molar-refractivity contribution in [2.45, 2.75) is 121 Å². The maximum absolute atomic E-state index is 13.4. The van der Waals surface area contributed by atoms with Crippen molar-refractivity contribution in [2.24, 2.45) is 0 Å². The molecule has 2 bridgehead atoms. The van der Waals surface area contributed by atoms with Crippen molar-refractivity contribution in [1.82, 2.24) is 4.90 Å². The normalized spacial score (nSPS) is 34.4. The first kappa shape index (κ1) is 30.1. The summed E-state index contributed by atoms with van der Waals surface area (Å²) in [6, 6.07) is 4.02. The standard InChI is InChI=1S/C32H41NO10/c1-16-9-10-18-15-20-32(37)12-11-19(25-31(32,13-14-33(20)8)21(18)22(16)40-25)39-26(34)17(2)38-27(35)23-24(42-30(6,7)41-23)28(36)43-29(3,4)5/h9-11,17,20,23-25,37H,12-15H2,1-8H3/t17-,20+,23+,24+,25-,31-,32+/m0/s1. The molecule has 43 heavy (non-hydrogen) atoms. The SMILES string of the molecule is Cc1ccc2c3c1O[C@H]1C(OC(=O)[C@H](C)OC(=O)[C@@H]4OC(C)(C)O[C@H]4C(=O)OC(C)(C)C)=CC[C@@]4(O)[C@@H](C2)N(C)CC[C@]314. The molecule has 11 heteroatoms. The molecule has 6 rings (SSSR count). The first-order valence-corrected chi connectivity index (χ1v) is 14.9. The average Bonchev–Trinajstić information content (AvgIpc) is 3.43. The van der Waals surface area contributed by atoms with E-state index < -0.39 is 64.7 Å². The second-order valence-corrected chi connectivity index (χ2v) is 13.9. The molecule has 0 saturated carbocycles. The van der Waals surface area contributed by atoms with Crippen LogP contribution in [0.5, 0.6) is 5.75 Å². The Morgan fingerprint density at radius 1 is 1.12 bits per heavy atom. The van der Waals surface area contributed by atoms with E-state index in [0.29, 0.717) is 12.8 Å². The number of hydrogen-bond acceptors (Lipinski definition) is 11. The topological polar surface area (TPSA) is 130 Å². The average molecular weight is 600 g/mol. The fraction of sp³-hybridized carbons (Fsp3) is 0.656. The first-order valence-electron chi connectivity index (χ1n) is 14.9. The number of benzene rings is 1. The van der Waals surface area contributed by atoms with Gasteiger partial charge in [0.05, 0.1) is 11.0 Å². The largest absolute Gasteiger partial charge is 0.481 e. The van der Waals surface area contributed by atoms with Crippen LogP contribution < -0.4 is 4.74 Å². The Morgan fingerprint density at radius 2 is 1.79 bits per heavy atom. The fourth-order valence-electron chi connectivity index (χ4n) is 7.54. The number of likely N-dealkylation sites (tertiary alicyclic amines) is 1. The lowest BCUT2D eigenvalue weighted by Gasteiger charge is -2.61. The molecule has 11 nitrogen and oxygen atoms in total. The van der Waals surface area contributed by atoms with E-state index in [1.807, 2.05) is 20.0 Å². The lowest BCUT2D eigenvalue weighted by atomic mass is 9.50. The van der Waals surface area contributed by atoms with Crippen LogP contribution in [-0.2, 0) is 49.9 Å². The number of aryl methyl sites for hydroxylation is 1. The number of carbonyl (C=O) groups excluding carboxylic acids is 3. The minimum absolute atomic E-state index is 0.113. The number of nitrogens with zero attached hydrogens (tertiary/aromatic N) is 1. The van der Waals surface area contributed by atoms with Gasteiger partial charge in [0, 0.05) is 18.0 Å². The monoisotopic (exact) mass is 599 g/mol. The van der Waals surface area contributed by atoms with Crippen LogP contribution in [-0.4, -0.2) is 89.0 Å². The van der Waals surface area contributed by atoms with Crippen LogP contribution in [0, 0.1) is 6.92 Å². The summed E-state index contributed by atoms with van der Waals surface area (Å²) in [7, 11) is 2.03. The molecule has 0 amide bonds. The molecule has 0 radical (unpaired) electrons. The van der Waals surface area contributed by atoms with Crippen LogP contribution in [0.4, 0.5) is 0 Å². The number of piperidine rings is 1. The molecule has 1 spiro atoms. The van der Waals surface area contributed by atoms with E-state index in [-0.39, 0.29) is 18.2 Å². The highest BCUT2D eigenvalue weighted by molar-refractivity contribution is 5.88. The van der Waals surface area contributed by atoms with Crippen LogP contribution in [0.1, 0.15) is 71.1 Å². The number of carbonyl (C=O) groups is 3. The zero-order valence-electron chi connectivity index (χ0n) is 26.0. The maximum atomic E-state index is 13.4. The molecule has 1 aromatic rings. The van der Waals surface area contributed by atoms with Gasteiger partial charge in [0.2, 0.25) is 0 Å². The Kier molecular flexibility index (Phi) is 6.82. The molecule has 5 aliphatic rings. The van der Waals surface area contributed by atoms with Gasteiger partial charge in [-0.05, 0) is 92.1 Å². The predicted molar refractivity (Wildman–Crippen MR) is 151 cm³/mol. The second kappa shape index (κ2) is 9.76. The Morgan fingerprint density at radius 3 is 2.47 bits per heavy atom. The number of esters is 3. The molecule has 7 atom stereocenters. The third-order valence-corrected chi connectivity index (χ3v) is 9.38. The summed E-state index contributed by atoms with van der Waals surface area (Å²) >= 11 is 0. The van der Waals surface area contributed by atoms with E-state index in [1.165, 1.54) is 6.92 Å². The lowest BCUT2D eigenvalue weighted by Crippen LogP contribution is -2.74. The molecule has 0 unspecified atom stereocenters. The molecule has 0 aromatic heterocycles. The molecule has 2 saturated heterocycles. The summed E-state index contributed by atoms with van der Waals surface area (Å²) in [5.41, 5.74) is 0.418. The number of likely N-dealkylation sites (N-methyl/N-ethyl adjacent to an activating group) is 1.